The van der Waals surface area contributed by atoms with Gasteiger partial charge < -0.3 is 0 Å². The number of Topliss-reactive ketones (excluding diaryl/α,β-unsaturated/α-hetero) is 1. The number of hydrogen-bond acceptors (Lipinski definition) is 2. The van der Waals surface area contributed by atoms with Crippen LogP contribution in [0.1, 0.15) is 31.1 Å². The van der Waals surface area contributed by atoms with Gasteiger partial charge in [-0.3, -0.25) is 9.48 Å². The molecule has 106 valence electrons. The Labute approximate surface area is 128 Å². The number of nitrogens with zero attached hydrogens (tertiary/aromatic N) is 2. The van der Waals surface area contributed by atoms with Gasteiger partial charge in [-0.2, -0.15) is 5.10 Å². The lowest BCUT2D eigenvalue weighted by molar-refractivity contribution is -0.117. The fourth-order valence-corrected chi connectivity index (χ4v) is 2.22. The van der Waals surface area contributed by atoms with Crippen LogP contribution in [-0.2, 0) is 17.6 Å². The molecule has 0 aliphatic rings. The van der Waals surface area contributed by atoms with Crippen molar-refractivity contribution in [1.29, 1.82) is 0 Å². The van der Waals surface area contributed by atoms with Gasteiger partial charge in [0.25, 0.3) is 0 Å². The predicted octanol–water partition coefficient (Wildman–Crippen LogP) is 4.13. The van der Waals surface area contributed by atoms with E-state index in [-0.39, 0.29) is 5.78 Å². The molecule has 3 nitrogen and oxygen atoms in total. The summed E-state index contributed by atoms with van der Waals surface area (Å²) in [6.07, 6.45) is 2.57. The molecule has 0 bridgehead atoms. The summed E-state index contributed by atoms with van der Waals surface area (Å²) < 4.78 is 1.85. The van der Waals surface area contributed by atoms with Crippen LogP contribution < -0.4 is 0 Å². The Balaban J connectivity index is 1.99. The first-order valence-electron chi connectivity index (χ1n) is 6.45. The lowest BCUT2D eigenvalue weighted by atomic mass is 10.1. The number of hydrogen-bond donors (Lipinski definition) is 0. The molecular formula is C15H16Cl2N2O. The van der Waals surface area contributed by atoms with Crippen molar-refractivity contribution < 1.29 is 4.79 Å². The van der Waals surface area contributed by atoms with Gasteiger partial charge in [-0.15, -0.1) is 0 Å². The third kappa shape index (κ3) is 3.84. The van der Waals surface area contributed by atoms with Crippen LogP contribution in [0.2, 0.25) is 10.0 Å². The smallest absolute Gasteiger partial charge is 0.143 e. The Kier molecular flexibility index (Phi) is 4.84. The molecule has 2 rings (SSSR count). The van der Waals surface area contributed by atoms with E-state index in [0.29, 0.717) is 28.9 Å². The molecule has 0 aliphatic heterocycles. The Hall–Kier alpha value is -1.32. The molecule has 0 amide bonds. The van der Waals surface area contributed by atoms with E-state index < -0.39 is 0 Å². The van der Waals surface area contributed by atoms with Crippen LogP contribution >= 0.6 is 23.2 Å². The molecule has 0 atom stereocenters. The van der Waals surface area contributed by atoms with Gasteiger partial charge in [0.1, 0.15) is 5.78 Å². The monoisotopic (exact) mass is 310 g/mol. The molecule has 0 saturated carbocycles. The molecule has 1 heterocycles. The fourth-order valence-electron chi connectivity index (χ4n) is 1.90. The van der Waals surface area contributed by atoms with E-state index in [0.717, 1.165) is 11.3 Å². The number of benzene rings is 1. The molecule has 0 N–H and O–H groups in total. The third-order valence-electron chi connectivity index (χ3n) is 2.96. The number of aromatic nitrogens is 2. The summed E-state index contributed by atoms with van der Waals surface area (Å²) in [5, 5.41) is 5.34. The van der Waals surface area contributed by atoms with Crippen molar-refractivity contribution in [2.24, 2.45) is 0 Å². The zero-order valence-corrected chi connectivity index (χ0v) is 12.9. The van der Waals surface area contributed by atoms with Gasteiger partial charge in [-0.1, -0.05) is 29.3 Å². The van der Waals surface area contributed by atoms with Crippen molar-refractivity contribution in [3.05, 3.63) is 51.8 Å². The van der Waals surface area contributed by atoms with Gasteiger partial charge in [0.15, 0.2) is 0 Å². The molecule has 0 fully saturated rings. The number of ketones is 1. The van der Waals surface area contributed by atoms with Crippen LogP contribution in [0.4, 0.5) is 0 Å². The summed E-state index contributed by atoms with van der Waals surface area (Å²) in [5.41, 5.74) is 1.66. The van der Waals surface area contributed by atoms with E-state index >= 15 is 0 Å². The van der Waals surface area contributed by atoms with Crippen LogP contribution in [0, 0.1) is 0 Å². The molecule has 0 aliphatic carbocycles. The summed E-state index contributed by atoms with van der Waals surface area (Å²) in [6.45, 7) is 4.10. The summed E-state index contributed by atoms with van der Waals surface area (Å²) in [6, 6.07) is 7.44. The minimum Gasteiger partial charge on any atom is -0.299 e. The quantitative estimate of drug-likeness (QED) is 0.832. The maximum Gasteiger partial charge on any atom is 0.143 e. The highest BCUT2D eigenvalue weighted by Crippen LogP contribution is 2.23. The first-order chi connectivity index (χ1) is 9.45. The van der Waals surface area contributed by atoms with Crippen molar-refractivity contribution in [3.63, 3.8) is 0 Å². The average molecular weight is 311 g/mol. The second-order valence-electron chi connectivity index (χ2n) is 5.02. The Bertz CT molecular complexity index is 620. The molecule has 0 spiro atoms. The fraction of sp³-hybridized carbons (Fsp3) is 0.333. The van der Waals surface area contributed by atoms with Crippen LogP contribution in [0.5, 0.6) is 0 Å². The van der Waals surface area contributed by atoms with Gasteiger partial charge in [0.2, 0.25) is 0 Å². The van der Waals surface area contributed by atoms with Crippen molar-refractivity contribution >= 4 is 29.0 Å². The second kappa shape index (κ2) is 6.42. The van der Waals surface area contributed by atoms with E-state index in [1.54, 1.807) is 12.1 Å². The summed E-state index contributed by atoms with van der Waals surface area (Å²) in [7, 11) is 0. The topological polar surface area (TPSA) is 34.9 Å². The minimum absolute atomic E-state index is 0.109. The standard InChI is InChI=1S/C15H16Cl2N2O/c1-10(2)19-6-5-12(18-19)9-13(20)7-11-3-4-14(16)15(17)8-11/h3-6,8,10H,7,9H2,1-2H3. The second-order valence-corrected chi connectivity index (χ2v) is 5.84. The minimum atomic E-state index is 0.109. The van der Waals surface area contributed by atoms with Crippen LogP contribution in [0.3, 0.4) is 0 Å². The van der Waals surface area contributed by atoms with E-state index in [1.807, 2.05) is 36.9 Å². The molecule has 0 radical (unpaired) electrons. The van der Waals surface area contributed by atoms with Gasteiger partial charge in [0, 0.05) is 18.7 Å². The van der Waals surface area contributed by atoms with Crippen LogP contribution in [0.15, 0.2) is 30.5 Å². The summed E-state index contributed by atoms with van der Waals surface area (Å²) >= 11 is 11.8. The van der Waals surface area contributed by atoms with E-state index in [1.165, 1.54) is 0 Å². The first kappa shape index (κ1) is 15.1. The lowest BCUT2D eigenvalue weighted by Gasteiger charge is -2.04. The van der Waals surface area contributed by atoms with Gasteiger partial charge in [-0.05, 0) is 37.6 Å². The summed E-state index contributed by atoms with van der Waals surface area (Å²) in [4.78, 5) is 12.0. The molecular weight excluding hydrogens is 295 g/mol. The van der Waals surface area contributed by atoms with Gasteiger partial charge in [-0.25, -0.2) is 0 Å². The lowest BCUT2D eigenvalue weighted by Crippen LogP contribution is -2.08. The number of rotatable bonds is 5. The predicted molar refractivity (Wildman–Crippen MR) is 81.5 cm³/mol. The number of carbonyl (C=O) groups excluding carboxylic acids is 1. The number of halogens is 2. The zero-order chi connectivity index (χ0) is 14.7. The molecule has 20 heavy (non-hydrogen) atoms. The van der Waals surface area contributed by atoms with Crippen molar-refractivity contribution in [1.82, 2.24) is 9.78 Å². The van der Waals surface area contributed by atoms with Gasteiger partial charge >= 0.3 is 0 Å². The molecule has 1 aromatic heterocycles. The Morgan fingerprint density at radius 2 is 1.95 bits per heavy atom. The Morgan fingerprint density at radius 3 is 2.55 bits per heavy atom. The molecule has 2 aromatic rings. The van der Waals surface area contributed by atoms with E-state index in [4.69, 9.17) is 23.2 Å². The average Bonchev–Trinajstić information content (AvgIpc) is 2.82. The molecule has 5 heteroatoms. The first-order valence-corrected chi connectivity index (χ1v) is 7.21. The van der Waals surface area contributed by atoms with Crippen LogP contribution in [-0.4, -0.2) is 15.6 Å². The SMILES string of the molecule is CC(C)n1ccc(CC(=O)Cc2ccc(Cl)c(Cl)c2)n1. The Morgan fingerprint density at radius 1 is 1.20 bits per heavy atom. The van der Waals surface area contributed by atoms with E-state index in [9.17, 15) is 4.79 Å². The van der Waals surface area contributed by atoms with Gasteiger partial charge in [0.05, 0.1) is 22.2 Å². The van der Waals surface area contributed by atoms with Crippen molar-refractivity contribution in [2.75, 3.05) is 0 Å². The largest absolute Gasteiger partial charge is 0.299 e. The third-order valence-corrected chi connectivity index (χ3v) is 3.70. The molecule has 0 saturated heterocycles. The number of carbonyl (C=O) groups is 1. The highest BCUT2D eigenvalue weighted by molar-refractivity contribution is 6.42. The maximum atomic E-state index is 12.0. The maximum absolute atomic E-state index is 12.0. The highest BCUT2D eigenvalue weighted by atomic mass is 35.5. The molecule has 0 unspecified atom stereocenters. The summed E-state index contributed by atoms with van der Waals surface area (Å²) in [5.74, 6) is 0.109. The molecule has 1 aromatic carbocycles. The highest BCUT2D eigenvalue weighted by Gasteiger charge is 2.10. The van der Waals surface area contributed by atoms with E-state index in [2.05, 4.69) is 5.10 Å². The zero-order valence-electron chi connectivity index (χ0n) is 11.4. The van der Waals surface area contributed by atoms with Crippen molar-refractivity contribution in [2.45, 2.75) is 32.7 Å². The van der Waals surface area contributed by atoms with Crippen LogP contribution in [0.25, 0.3) is 0 Å². The van der Waals surface area contributed by atoms with Crippen molar-refractivity contribution in [3.8, 4) is 0 Å². The normalized spacial score (nSPS) is 11.1.